The van der Waals surface area contributed by atoms with Gasteiger partial charge in [-0.1, -0.05) is 24.6 Å². The summed E-state index contributed by atoms with van der Waals surface area (Å²) in [6.45, 7) is 3.93. The van der Waals surface area contributed by atoms with Crippen molar-refractivity contribution in [2.24, 2.45) is 0 Å². The summed E-state index contributed by atoms with van der Waals surface area (Å²) in [5.41, 5.74) is 1.46. The Balaban J connectivity index is 1.69. The molecule has 146 valence electrons. The largest absolute Gasteiger partial charge is 0.349 e. The van der Waals surface area contributed by atoms with Crippen LogP contribution in [0, 0.1) is 12.7 Å². The molecule has 0 radical (unpaired) electrons. The molecule has 3 aromatic rings. The van der Waals surface area contributed by atoms with Crippen molar-refractivity contribution in [2.45, 2.75) is 39.2 Å². The number of rotatable bonds is 5. The number of carbonyl (C=O) groups excluding carboxylic acids is 2. The molecule has 8 heteroatoms. The van der Waals surface area contributed by atoms with Crippen LogP contribution in [-0.4, -0.2) is 17.9 Å². The zero-order chi connectivity index (χ0) is 20.0. The van der Waals surface area contributed by atoms with Gasteiger partial charge in [0.2, 0.25) is 0 Å². The summed E-state index contributed by atoms with van der Waals surface area (Å²) in [5, 5.41) is 6.69. The van der Waals surface area contributed by atoms with Crippen molar-refractivity contribution >= 4 is 61.2 Å². The van der Waals surface area contributed by atoms with Gasteiger partial charge in [-0.2, -0.15) is 0 Å². The average Bonchev–Trinajstić information content (AvgIpc) is 3.31. The van der Waals surface area contributed by atoms with E-state index in [1.165, 1.54) is 17.4 Å². The zero-order valence-corrected chi connectivity index (χ0v) is 17.7. The quantitative estimate of drug-likeness (QED) is 0.533. The lowest BCUT2D eigenvalue weighted by atomic mass is 10.1. The third kappa shape index (κ3) is 3.43. The molecule has 0 unspecified atom stereocenters. The average molecular weight is 437 g/mol. The second-order valence-electron chi connectivity index (χ2n) is 6.75. The number of halogens is 2. The molecular weight excluding hydrogens is 419 g/mol. The number of hydrogen-bond donors (Lipinski definition) is 2. The smallest absolute Gasteiger partial charge is 0.267 e. The molecule has 0 saturated heterocycles. The molecule has 0 spiro atoms. The number of nitrogens with one attached hydrogen (secondary N) is 2. The van der Waals surface area contributed by atoms with Crippen molar-refractivity contribution in [2.75, 3.05) is 5.32 Å². The van der Waals surface area contributed by atoms with Gasteiger partial charge in [0, 0.05) is 21.0 Å². The molecule has 0 aliphatic heterocycles. The summed E-state index contributed by atoms with van der Waals surface area (Å²) in [6, 6.07) is 4.85. The summed E-state index contributed by atoms with van der Waals surface area (Å²) < 4.78 is 14.7. The van der Waals surface area contributed by atoms with Crippen molar-refractivity contribution in [3.63, 3.8) is 0 Å². The van der Waals surface area contributed by atoms with Gasteiger partial charge in [-0.05, 0) is 43.9 Å². The van der Waals surface area contributed by atoms with E-state index in [1.807, 2.05) is 13.8 Å². The second-order valence-corrected chi connectivity index (χ2v) is 9.41. The number of fused-ring (bicyclic) bond motifs is 1. The van der Waals surface area contributed by atoms with E-state index in [1.54, 1.807) is 12.1 Å². The molecule has 0 atom stereocenters. The standard InChI is InChI=1S/C20H18ClFN2O2S2/c1-3-11-9(2)27-20(14(11)18(25)23-10-7-8-10)24-19(26)17-16(21)15-12(22)5-4-6-13(15)28-17/h4-6,10H,3,7-8H2,1-2H3,(H,23,25)(H,24,26). The number of carbonyl (C=O) groups is 2. The third-order valence-electron chi connectivity index (χ3n) is 4.74. The minimum Gasteiger partial charge on any atom is -0.349 e. The molecule has 1 aliphatic rings. The SMILES string of the molecule is CCc1c(C)sc(NC(=O)c2sc3cccc(F)c3c2Cl)c1C(=O)NC1CC1. The highest BCUT2D eigenvalue weighted by Gasteiger charge is 2.29. The molecule has 1 fully saturated rings. The van der Waals surface area contributed by atoms with Gasteiger partial charge in [0.25, 0.3) is 11.8 Å². The number of thiophene rings is 2. The molecule has 2 N–H and O–H groups in total. The minimum atomic E-state index is -0.456. The molecule has 4 nitrogen and oxygen atoms in total. The van der Waals surface area contributed by atoms with E-state index in [0.29, 0.717) is 21.7 Å². The molecule has 0 bridgehead atoms. The first-order valence-electron chi connectivity index (χ1n) is 9.01. The van der Waals surface area contributed by atoms with Gasteiger partial charge in [0.1, 0.15) is 15.7 Å². The van der Waals surface area contributed by atoms with Crippen molar-refractivity contribution in [3.8, 4) is 0 Å². The Morgan fingerprint density at radius 3 is 2.64 bits per heavy atom. The van der Waals surface area contributed by atoms with Crippen LogP contribution in [-0.2, 0) is 6.42 Å². The minimum absolute atomic E-state index is 0.101. The lowest BCUT2D eigenvalue weighted by Gasteiger charge is -2.08. The van der Waals surface area contributed by atoms with Crippen LogP contribution in [0.4, 0.5) is 9.39 Å². The normalized spacial score (nSPS) is 13.7. The summed E-state index contributed by atoms with van der Waals surface area (Å²) >= 11 is 8.81. The molecule has 2 heterocycles. The van der Waals surface area contributed by atoms with E-state index in [0.717, 1.165) is 34.6 Å². The third-order valence-corrected chi connectivity index (χ3v) is 7.45. The number of anilines is 1. The highest BCUT2D eigenvalue weighted by Crippen LogP contribution is 2.39. The van der Waals surface area contributed by atoms with Gasteiger partial charge in [-0.25, -0.2) is 4.39 Å². The summed E-state index contributed by atoms with van der Waals surface area (Å²) in [6.07, 6.45) is 2.67. The van der Waals surface area contributed by atoms with Crippen LogP contribution in [0.3, 0.4) is 0 Å². The maximum absolute atomic E-state index is 14.1. The highest BCUT2D eigenvalue weighted by atomic mass is 35.5. The highest BCUT2D eigenvalue weighted by molar-refractivity contribution is 7.22. The van der Waals surface area contributed by atoms with Gasteiger partial charge in [-0.3, -0.25) is 9.59 Å². The Morgan fingerprint density at radius 1 is 1.25 bits per heavy atom. The summed E-state index contributed by atoms with van der Waals surface area (Å²) in [4.78, 5) is 26.9. The Morgan fingerprint density at radius 2 is 2.00 bits per heavy atom. The maximum Gasteiger partial charge on any atom is 0.267 e. The number of amides is 2. The Kier molecular flexibility index (Phi) is 5.16. The number of benzene rings is 1. The van der Waals surface area contributed by atoms with Crippen LogP contribution in [0.5, 0.6) is 0 Å². The van der Waals surface area contributed by atoms with E-state index < -0.39 is 11.7 Å². The topological polar surface area (TPSA) is 58.2 Å². The molecule has 1 aromatic carbocycles. The van der Waals surface area contributed by atoms with Gasteiger partial charge < -0.3 is 10.6 Å². The van der Waals surface area contributed by atoms with Crippen molar-refractivity contribution < 1.29 is 14.0 Å². The Bertz CT molecular complexity index is 1100. The van der Waals surface area contributed by atoms with Gasteiger partial charge >= 0.3 is 0 Å². The molecule has 2 aromatic heterocycles. The lowest BCUT2D eigenvalue weighted by Crippen LogP contribution is -2.27. The van der Waals surface area contributed by atoms with Gasteiger partial charge in [0.05, 0.1) is 10.6 Å². The van der Waals surface area contributed by atoms with E-state index in [9.17, 15) is 14.0 Å². The number of aryl methyl sites for hydroxylation is 1. The van der Waals surface area contributed by atoms with Crippen molar-refractivity contribution in [1.82, 2.24) is 5.32 Å². The van der Waals surface area contributed by atoms with Gasteiger partial charge in [-0.15, -0.1) is 22.7 Å². The number of hydrogen-bond acceptors (Lipinski definition) is 4. The first kappa shape index (κ1) is 19.4. The van der Waals surface area contributed by atoms with E-state index in [-0.39, 0.29) is 27.2 Å². The van der Waals surface area contributed by atoms with Gasteiger partial charge in [0.15, 0.2) is 0 Å². The monoisotopic (exact) mass is 436 g/mol. The molecular formula is C20H18ClFN2O2S2. The summed E-state index contributed by atoms with van der Waals surface area (Å²) in [5.74, 6) is -1.05. The zero-order valence-electron chi connectivity index (χ0n) is 15.3. The van der Waals surface area contributed by atoms with E-state index in [2.05, 4.69) is 10.6 Å². The maximum atomic E-state index is 14.1. The van der Waals surface area contributed by atoms with Crippen molar-refractivity contribution in [3.05, 3.63) is 49.9 Å². The van der Waals surface area contributed by atoms with Crippen LogP contribution in [0.2, 0.25) is 5.02 Å². The summed E-state index contributed by atoms with van der Waals surface area (Å²) in [7, 11) is 0. The first-order valence-corrected chi connectivity index (χ1v) is 11.0. The Hall–Kier alpha value is -1.96. The fourth-order valence-electron chi connectivity index (χ4n) is 3.19. The van der Waals surface area contributed by atoms with Crippen LogP contribution >= 0.6 is 34.3 Å². The first-order chi connectivity index (χ1) is 13.4. The molecule has 1 aliphatic carbocycles. The molecule has 28 heavy (non-hydrogen) atoms. The van der Waals surface area contributed by atoms with Crippen LogP contribution in [0.15, 0.2) is 18.2 Å². The van der Waals surface area contributed by atoms with Crippen LogP contribution in [0.25, 0.3) is 10.1 Å². The van der Waals surface area contributed by atoms with Crippen molar-refractivity contribution in [1.29, 1.82) is 0 Å². The van der Waals surface area contributed by atoms with E-state index >= 15 is 0 Å². The fraction of sp³-hybridized carbons (Fsp3) is 0.300. The van der Waals surface area contributed by atoms with Crippen LogP contribution < -0.4 is 10.6 Å². The molecule has 4 rings (SSSR count). The predicted molar refractivity (Wildman–Crippen MR) is 114 cm³/mol. The molecule has 1 saturated carbocycles. The fourth-order valence-corrected chi connectivity index (χ4v) is 5.79. The second kappa shape index (κ2) is 7.46. The Labute approximate surface area is 174 Å². The lowest BCUT2D eigenvalue weighted by molar-refractivity contribution is 0.0951. The molecule has 2 amide bonds. The predicted octanol–water partition coefficient (Wildman–Crippen LogP) is 5.77. The van der Waals surface area contributed by atoms with E-state index in [4.69, 9.17) is 11.6 Å². The van der Waals surface area contributed by atoms with Crippen LogP contribution in [0.1, 0.15) is 50.2 Å².